The quantitative estimate of drug-likeness (QED) is 0.536. The van der Waals surface area contributed by atoms with E-state index in [1.54, 1.807) is 11.0 Å². The van der Waals surface area contributed by atoms with E-state index < -0.39 is 5.60 Å². The Labute approximate surface area is 183 Å². The molecule has 0 atom stereocenters. The van der Waals surface area contributed by atoms with E-state index in [0.717, 1.165) is 56.7 Å². The van der Waals surface area contributed by atoms with Crippen molar-refractivity contribution in [1.82, 2.24) is 9.80 Å². The van der Waals surface area contributed by atoms with Gasteiger partial charge in [-0.05, 0) is 39.7 Å². The summed E-state index contributed by atoms with van der Waals surface area (Å²) in [6.45, 7) is 11.1. The van der Waals surface area contributed by atoms with Crippen LogP contribution in [0.25, 0.3) is 0 Å². The van der Waals surface area contributed by atoms with Gasteiger partial charge in [0.05, 0.1) is 11.5 Å². The summed E-state index contributed by atoms with van der Waals surface area (Å²) in [6, 6.07) is 3.95. The Morgan fingerprint density at radius 3 is 2.42 bits per heavy atom. The zero-order valence-electron chi connectivity index (χ0n) is 18.6. The second-order valence-corrected chi connectivity index (χ2v) is 9.49. The van der Waals surface area contributed by atoms with Gasteiger partial charge in [0.2, 0.25) is 5.75 Å². The molecule has 9 heteroatoms. The van der Waals surface area contributed by atoms with Crippen LogP contribution in [0.15, 0.2) is 12.1 Å². The lowest BCUT2D eigenvalue weighted by Crippen LogP contribution is -2.55. The Balaban J connectivity index is 1.32. The average molecular weight is 433 g/mol. The second-order valence-electron chi connectivity index (χ2n) is 9.49. The van der Waals surface area contributed by atoms with Crippen molar-refractivity contribution in [3.8, 4) is 5.75 Å². The standard InChI is InChI=1S/C22H32N4O5/c1-22(2,3)31-21(27)25-13-11-23(12-14-25)16-6-9-24(10-7-16)18-4-5-19(26(28)29)20-17(18)8-15-30-20/h4-5,16H,6-15H2,1-3H3. The van der Waals surface area contributed by atoms with Crippen molar-refractivity contribution in [3.63, 3.8) is 0 Å². The molecule has 1 aromatic carbocycles. The van der Waals surface area contributed by atoms with Crippen molar-refractivity contribution >= 4 is 17.5 Å². The van der Waals surface area contributed by atoms with Gasteiger partial charge in [0.15, 0.2) is 0 Å². The molecular formula is C22H32N4O5. The number of hydrogen-bond acceptors (Lipinski definition) is 7. The van der Waals surface area contributed by atoms with Crippen LogP contribution in [0.4, 0.5) is 16.2 Å². The molecule has 3 heterocycles. The van der Waals surface area contributed by atoms with Crippen LogP contribution >= 0.6 is 0 Å². The number of piperazine rings is 1. The van der Waals surface area contributed by atoms with Crippen molar-refractivity contribution in [2.75, 3.05) is 50.8 Å². The van der Waals surface area contributed by atoms with Crippen LogP contribution in [0, 0.1) is 10.1 Å². The van der Waals surface area contributed by atoms with Crippen LogP contribution in [-0.2, 0) is 11.2 Å². The smallest absolute Gasteiger partial charge is 0.410 e. The summed E-state index contributed by atoms with van der Waals surface area (Å²) in [5.74, 6) is 0.447. The lowest BCUT2D eigenvalue weighted by atomic mass is 9.99. The Hall–Kier alpha value is -2.55. The molecule has 1 aromatic rings. The maximum Gasteiger partial charge on any atom is 0.410 e. The first-order valence-corrected chi connectivity index (χ1v) is 11.1. The van der Waals surface area contributed by atoms with Gasteiger partial charge >= 0.3 is 11.8 Å². The van der Waals surface area contributed by atoms with Gasteiger partial charge in [-0.15, -0.1) is 0 Å². The molecule has 0 saturated carbocycles. The number of benzene rings is 1. The Morgan fingerprint density at radius 2 is 1.81 bits per heavy atom. The zero-order chi connectivity index (χ0) is 22.2. The highest BCUT2D eigenvalue weighted by molar-refractivity contribution is 5.69. The van der Waals surface area contributed by atoms with Gasteiger partial charge in [-0.1, -0.05) is 0 Å². The van der Waals surface area contributed by atoms with Gasteiger partial charge < -0.3 is 19.3 Å². The minimum atomic E-state index is -0.468. The number of amides is 1. The lowest BCUT2D eigenvalue weighted by Gasteiger charge is -2.43. The Kier molecular flexibility index (Phi) is 5.96. The third-order valence-corrected chi connectivity index (χ3v) is 6.30. The summed E-state index contributed by atoms with van der Waals surface area (Å²) >= 11 is 0. The minimum Gasteiger partial charge on any atom is -0.486 e. The van der Waals surface area contributed by atoms with Gasteiger partial charge in [0.1, 0.15) is 5.60 Å². The maximum absolute atomic E-state index is 12.3. The van der Waals surface area contributed by atoms with Crippen LogP contribution in [0.5, 0.6) is 5.75 Å². The van der Waals surface area contributed by atoms with E-state index in [2.05, 4.69) is 9.80 Å². The summed E-state index contributed by atoms with van der Waals surface area (Å²) in [5.41, 5.74) is 1.64. The van der Waals surface area contributed by atoms with Crippen molar-refractivity contribution in [2.24, 2.45) is 0 Å². The number of nitro benzene ring substituents is 1. The van der Waals surface area contributed by atoms with Gasteiger partial charge in [-0.2, -0.15) is 0 Å². The van der Waals surface area contributed by atoms with Gasteiger partial charge in [0, 0.05) is 69.0 Å². The molecule has 2 saturated heterocycles. The monoisotopic (exact) mass is 432 g/mol. The number of anilines is 1. The minimum absolute atomic E-state index is 0.0639. The highest BCUT2D eigenvalue weighted by Gasteiger charge is 2.33. The molecule has 0 radical (unpaired) electrons. The predicted octanol–water partition coefficient (Wildman–Crippen LogP) is 3.05. The number of carbonyl (C=O) groups is 1. The normalized spacial score (nSPS) is 20.4. The van der Waals surface area contributed by atoms with Crippen LogP contribution in [0.2, 0.25) is 0 Å². The fourth-order valence-corrected chi connectivity index (χ4v) is 4.77. The van der Waals surface area contributed by atoms with E-state index in [4.69, 9.17) is 9.47 Å². The number of rotatable bonds is 3. The van der Waals surface area contributed by atoms with E-state index in [1.807, 2.05) is 26.8 Å². The summed E-state index contributed by atoms with van der Waals surface area (Å²) in [7, 11) is 0. The Morgan fingerprint density at radius 1 is 1.13 bits per heavy atom. The van der Waals surface area contributed by atoms with Crippen molar-refractivity contribution in [3.05, 3.63) is 27.8 Å². The molecule has 0 N–H and O–H groups in total. The van der Waals surface area contributed by atoms with Crippen LogP contribution in [0.3, 0.4) is 0 Å². The first-order chi connectivity index (χ1) is 14.7. The third kappa shape index (κ3) is 4.71. The van der Waals surface area contributed by atoms with Crippen molar-refractivity contribution < 1.29 is 19.2 Å². The lowest BCUT2D eigenvalue weighted by molar-refractivity contribution is -0.385. The highest BCUT2D eigenvalue weighted by atomic mass is 16.6. The fourth-order valence-electron chi connectivity index (χ4n) is 4.77. The molecule has 0 aliphatic carbocycles. The summed E-state index contributed by atoms with van der Waals surface area (Å²) in [4.78, 5) is 29.8. The molecule has 1 amide bonds. The molecule has 170 valence electrons. The molecule has 3 aliphatic heterocycles. The summed E-state index contributed by atoms with van der Waals surface area (Å²) < 4.78 is 11.1. The van der Waals surface area contributed by atoms with E-state index in [0.29, 0.717) is 31.5 Å². The van der Waals surface area contributed by atoms with E-state index in [1.165, 1.54) is 0 Å². The summed E-state index contributed by atoms with van der Waals surface area (Å²) in [6.07, 6.45) is 2.58. The van der Waals surface area contributed by atoms with Gasteiger partial charge in [-0.3, -0.25) is 15.0 Å². The molecule has 0 unspecified atom stereocenters. The fraction of sp³-hybridized carbons (Fsp3) is 0.682. The largest absolute Gasteiger partial charge is 0.486 e. The summed E-state index contributed by atoms with van der Waals surface area (Å²) in [5, 5.41) is 11.3. The second kappa shape index (κ2) is 8.53. The zero-order valence-corrected chi connectivity index (χ0v) is 18.6. The Bertz CT molecular complexity index is 837. The molecule has 4 rings (SSSR count). The maximum atomic E-state index is 12.3. The first kappa shape index (κ1) is 21.7. The number of ether oxygens (including phenoxy) is 2. The molecule has 0 bridgehead atoms. The van der Waals surface area contributed by atoms with E-state index in [-0.39, 0.29) is 16.7 Å². The third-order valence-electron chi connectivity index (χ3n) is 6.30. The molecule has 2 fully saturated rings. The molecule has 3 aliphatic rings. The number of carbonyl (C=O) groups excluding carboxylic acids is 1. The van der Waals surface area contributed by atoms with E-state index in [9.17, 15) is 14.9 Å². The molecule has 31 heavy (non-hydrogen) atoms. The molecular weight excluding hydrogens is 400 g/mol. The highest BCUT2D eigenvalue weighted by Crippen LogP contribution is 2.42. The predicted molar refractivity (Wildman–Crippen MR) is 117 cm³/mol. The van der Waals surface area contributed by atoms with Crippen LogP contribution in [-0.4, -0.2) is 78.3 Å². The number of hydrogen-bond donors (Lipinski definition) is 0. The number of fused-ring (bicyclic) bond motifs is 1. The van der Waals surface area contributed by atoms with Crippen molar-refractivity contribution in [2.45, 2.75) is 51.7 Å². The molecule has 0 aromatic heterocycles. The van der Waals surface area contributed by atoms with Crippen LogP contribution in [0.1, 0.15) is 39.2 Å². The topological polar surface area (TPSA) is 88.4 Å². The number of nitro groups is 1. The molecule has 0 spiro atoms. The SMILES string of the molecule is CC(C)(C)OC(=O)N1CCN(C2CCN(c3ccc([N+](=O)[O-])c4c3CCO4)CC2)CC1. The van der Waals surface area contributed by atoms with Crippen molar-refractivity contribution in [1.29, 1.82) is 0 Å². The van der Waals surface area contributed by atoms with E-state index >= 15 is 0 Å². The molecule has 9 nitrogen and oxygen atoms in total. The number of piperidine rings is 1. The van der Waals surface area contributed by atoms with Gasteiger partial charge in [0.25, 0.3) is 0 Å². The van der Waals surface area contributed by atoms with Crippen LogP contribution < -0.4 is 9.64 Å². The van der Waals surface area contributed by atoms with Gasteiger partial charge in [-0.25, -0.2) is 4.79 Å². The average Bonchev–Trinajstić information content (AvgIpc) is 3.22. The first-order valence-electron chi connectivity index (χ1n) is 11.1. The number of nitrogens with zero attached hydrogens (tertiary/aromatic N) is 4.